The zero-order valence-corrected chi connectivity index (χ0v) is 13.3. The van der Waals surface area contributed by atoms with Gasteiger partial charge >= 0.3 is 0 Å². The highest BCUT2D eigenvalue weighted by molar-refractivity contribution is 5.52. The number of aryl methyl sites for hydroxylation is 1. The molecule has 2 aliphatic rings. The van der Waals surface area contributed by atoms with E-state index in [4.69, 9.17) is 14.2 Å². The van der Waals surface area contributed by atoms with Crippen LogP contribution < -0.4 is 14.2 Å². The largest absolute Gasteiger partial charge is 0.497 e. The number of nitrogens with zero attached hydrogens (tertiary/aromatic N) is 1. The predicted molar refractivity (Wildman–Crippen MR) is 81.9 cm³/mol. The highest BCUT2D eigenvalue weighted by Gasteiger charge is 2.49. The van der Waals surface area contributed by atoms with Gasteiger partial charge in [0.25, 0.3) is 0 Å². The molecule has 1 aromatic heterocycles. The molecular formula is C17H20N2O3. The van der Waals surface area contributed by atoms with E-state index in [1.165, 1.54) is 5.56 Å². The minimum absolute atomic E-state index is 0.229. The molecule has 3 heterocycles. The number of methoxy groups -OCH3 is 1. The number of nitrogens with one attached hydrogen (secondary N) is 1. The first-order chi connectivity index (χ1) is 10.5. The maximum absolute atomic E-state index is 6.12. The minimum atomic E-state index is -0.323. The molecular weight excluding hydrogens is 280 g/mol. The lowest BCUT2D eigenvalue weighted by atomic mass is 9.70. The van der Waals surface area contributed by atoms with Crippen LogP contribution in [0.15, 0.2) is 18.2 Å². The molecule has 1 aromatic carbocycles. The third kappa shape index (κ3) is 1.74. The molecule has 2 unspecified atom stereocenters. The average Bonchev–Trinajstić information content (AvgIpc) is 2.85. The van der Waals surface area contributed by atoms with Crippen LogP contribution in [0.1, 0.15) is 36.6 Å². The molecule has 0 spiro atoms. The first-order valence-electron chi connectivity index (χ1n) is 7.56. The predicted octanol–water partition coefficient (Wildman–Crippen LogP) is 3.04. The molecule has 0 fully saturated rings. The summed E-state index contributed by atoms with van der Waals surface area (Å²) in [7, 11) is 1.67. The number of benzene rings is 1. The van der Waals surface area contributed by atoms with Gasteiger partial charge in [0.1, 0.15) is 17.1 Å². The summed E-state index contributed by atoms with van der Waals surface area (Å²) in [6.45, 7) is 6.89. The van der Waals surface area contributed by atoms with Crippen LogP contribution in [0, 0.1) is 12.8 Å². The van der Waals surface area contributed by atoms with E-state index < -0.39 is 0 Å². The zero-order valence-electron chi connectivity index (χ0n) is 13.3. The third-order valence-electron chi connectivity index (χ3n) is 4.90. The van der Waals surface area contributed by atoms with Crippen LogP contribution in [0.25, 0.3) is 0 Å². The standard InChI is InChI=1S/C17H20N2O3/c1-9-14-15-11-6-5-10(20-4)7-13(11)21-8-12(15)17(2,3)22-16(14)19-18-9/h5-7,12,15H,8H2,1-4H3,(H,18,19). The number of hydrogen-bond donors (Lipinski definition) is 1. The summed E-state index contributed by atoms with van der Waals surface area (Å²) in [4.78, 5) is 0. The Morgan fingerprint density at radius 3 is 2.95 bits per heavy atom. The van der Waals surface area contributed by atoms with Crippen molar-refractivity contribution in [2.45, 2.75) is 32.3 Å². The van der Waals surface area contributed by atoms with Gasteiger partial charge in [0.2, 0.25) is 5.88 Å². The monoisotopic (exact) mass is 300 g/mol. The van der Waals surface area contributed by atoms with Crippen LogP contribution in [0.4, 0.5) is 0 Å². The fraction of sp³-hybridized carbons (Fsp3) is 0.471. The van der Waals surface area contributed by atoms with E-state index in [1.807, 2.05) is 19.1 Å². The molecule has 0 radical (unpaired) electrons. The van der Waals surface area contributed by atoms with Crippen molar-refractivity contribution in [3.05, 3.63) is 35.0 Å². The van der Waals surface area contributed by atoms with Gasteiger partial charge in [-0.1, -0.05) is 6.07 Å². The van der Waals surface area contributed by atoms with Gasteiger partial charge in [-0.25, -0.2) is 0 Å². The van der Waals surface area contributed by atoms with Crippen LogP contribution in [0.2, 0.25) is 0 Å². The molecule has 0 bridgehead atoms. The summed E-state index contributed by atoms with van der Waals surface area (Å²) >= 11 is 0. The summed E-state index contributed by atoms with van der Waals surface area (Å²) < 4.78 is 17.4. The summed E-state index contributed by atoms with van der Waals surface area (Å²) in [6.07, 6.45) is 0. The van der Waals surface area contributed by atoms with E-state index >= 15 is 0 Å². The van der Waals surface area contributed by atoms with Crippen molar-refractivity contribution >= 4 is 0 Å². The van der Waals surface area contributed by atoms with Gasteiger partial charge in [-0.15, -0.1) is 5.10 Å². The second-order valence-electron chi connectivity index (χ2n) is 6.57. The van der Waals surface area contributed by atoms with Crippen LogP contribution in [-0.4, -0.2) is 29.5 Å². The van der Waals surface area contributed by atoms with E-state index in [1.54, 1.807) is 7.11 Å². The van der Waals surface area contributed by atoms with Gasteiger partial charge in [-0.2, -0.15) is 0 Å². The molecule has 0 saturated carbocycles. The summed E-state index contributed by atoms with van der Waals surface area (Å²) in [6, 6.07) is 6.05. The van der Waals surface area contributed by atoms with E-state index in [9.17, 15) is 0 Å². The van der Waals surface area contributed by atoms with Crippen LogP contribution in [0.5, 0.6) is 17.4 Å². The van der Waals surface area contributed by atoms with Crippen LogP contribution in [-0.2, 0) is 0 Å². The van der Waals surface area contributed by atoms with Crippen molar-refractivity contribution in [2.24, 2.45) is 5.92 Å². The van der Waals surface area contributed by atoms with Crippen molar-refractivity contribution in [1.82, 2.24) is 10.2 Å². The maximum atomic E-state index is 6.12. The molecule has 2 aromatic rings. The average molecular weight is 300 g/mol. The Kier molecular flexibility index (Phi) is 2.71. The Balaban J connectivity index is 1.92. The Labute approximate surface area is 129 Å². The summed E-state index contributed by atoms with van der Waals surface area (Å²) in [5.41, 5.74) is 3.07. The molecule has 116 valence electrons. The molecule has 4 rings (SSSR count). The van der Waals surface area contributed by atoms with Gasteiger partial charge in [0.15, 0.2) is 0 Å². The van der Waals surface area contributed by atoms with E-state index in [0.717, 1.165) is 22.8 Å². The van der Waals surface area contributed by atoms with E-state index in [0.29, 0.717) is 12.5 Å². The molecule has 0 aliphatic carbocycles. The van der Waals surface area contributed by atoms with E-state index in [-0.39, 0.29) is 17.4 Å². The lowest BCUT2D eigenvalue weighted by Gasteiger charge is -2.46. The quantitative estimate of drug-likeness (QED) is 0.879. The van der Waals surface area contributed by atoms with Crippen LogP contribution >= 0.6 is 0 Å². The van der Waals surface area contributed by atoms with E-state index in [2.05, 4.69) is 30.1 Å². The molecule has 1 N–H and O–H groups in total. The number of fused-ring (bicyclic) bond motifs is 5. The fourth-order valence-electron chi connectivity index (χ4n) is 3.66. The molecule has 2 aliphatic heterocycles. The Hall–Kier alpha value is -2.17. The second kappa shape index (κ2) is 4.41. The first-order valence-corrected chi connectivity index (χ1v) is 7.56. The number of ether oxygens (including phenoxy) is 3. The number of rotatable bonds is 1. The number of aromatic nitrogens is 2. The topological polar surface area (TPSA) is 56.4 Å². The van der Waals surface area contributed by atoms with Crippen molar-refractivity contribution in [3.8, 4) is 17.4 Å². The lowest BCUT2D eigenvalue weighted by Crippen LogP contribution is -2.49. The van der Waals surface area contributed by atoms with Gasteiger partial charge in [0, 0.05) is 34.7 Å². The minimum Gasteiger partial charge on any atom is -0.497 e. The first kappa shape index (κ1) is 13.5. The number of H-pyrrole nitrogens is 1. The Morgan fingerprint density at radius 1 is 1.36 bits per heavy atom. The van der Waals surface area contributed by atoms with Gasteiger partial charge in [-0.3, -0.25) is 5.10 Å². The maximum Gasteiger partial charge on any atom is 0.237 e. The summed E-state index contributed by atoms with van der Waals surface area (Å²) in [5.74, 6) is 2.90. The molecule has 2 atom stereocenters. The molecule has 5 nitrogen and oxygen atoms in total. The van der Waals surface area contributed by atoms with Gasteiger partial charge in [-0.05, 0) is 26.8 Å². The summed E-state index contributed by atoms with van der Waals surface area (Å²) in [5, 5.41) is 7.40. The smallest absolute Gasteiger partial charge is 0.237 e. The van der Waals surface area contributed by atoms with Crippen LogP contribution in [0.3, 0.4) is 0 Å². The lowest BCUT2D eigenvalue weighted by molar-refractivity contribution is -0.0168. The Morgan fingerprint density at radius 2 is 2.18 bits per heavy atom. The molecule has 22 heavy (non-hydrogen) atoms. The van der Waals surface area contributed by atoms with Crippen molar-refractivity contribution in [1.29, 1.82) is 0 Å². The van der Waals surface area contributed by atoms with Crippen molar-refractivity contribution in [2.75, 3.05) is 13.7 Å². The van der Waals surface area contributed by atoms with Crippen molar-refractivity contribution in [3.63, 3.8) is 0 Å². The molecule has 0 saturated heterocycles. The highest BCUT2D eigenvalue weighted by atomic mass is 16.5. The Bertz CT molecular complexity index is 736. The second-order valence-corrected chi connectivity index (χ2v) is 6.57. The van der Waals surface area contributed by atoms with Gasteiger partial charge in [0.05, 0.1) is 13.7 Å². The third-order valence-corrected chi connectivity index (χ3v) is 4.90. The molecule has 0 amide bonds. The number of aromatic amines is 1. The highest BCUT2D eigenvalue weighted by Crippen LogP contribution is 2.53. The fourth-order valence-corrected chi connectivity index (χ4v) is 3.66. The van der Waals surface area contributed by atoms with Crippen molar-refractivity contribution < 1.29 is 14.2 Å². The molecule has 5 heteroatoms. The number of hydrogen-bond acceptors (Lipinski definition) is 4. The van der Waals surface area contributed by atoms with Gasteiger partial charge < -0.3 is 14.2 Å². The zero-order chi connectivity index (χ0) is 15.5. The normalized spacial score (nSPS) is 24.4. The SMILES string of the molecule is COc1ccc2c(c1)OCC1C2c2c(n[nH]c2C)OC1(C)C.